The minimum atomic E-state index is -0.109. The van der Waals surface area contributed by atoms with Crippen LogP contribution in [0.4, 0.5) is 0 Å². The van der Waals surface area contributed by atoms with E-state index >= 15 is 0 Å². The highest BCUT2D eigenvalue weighted by Crippen LogP contribution is 2.48. The lowest BCUT2D eigenvalue weighted by Gasteiger charge is -2.37. The van der Waals surface area contributed by atoms with Crippen molar-refractivity contribution in [3.05, 3.63) is 93.2 Å². The number of rotatable bonds is 9. The van der Waals surface area contributed by atoms with E-state index in [0.29, 0.717) is 26.1 Å². The van der Waals surface area contributed by atoms with Gasteiger partial charge in [-0.3, -0.25) is 9.59 Å². The van der Waals surface area contributed by atoms with Gasteiger partial charge in [0.1, 0.15) is 0 Å². The highest BCUT2D eigenvalue weighted by molar-refractivity contribution is 7.10. The number of thiophene rings is 1. The number of carbonyl (C=O) groups is 2. The average Bonchev–Trinajstić information content (AvgIpc) is 3.56. The molecular formula is C30H34N2O3S. The van der Waals surface area contributed by atoms with Gasteiger partial charge in [-0.25, -0.2) is 0 Å². The van der Waals surface area contributed by atoms with Crippen LogP contribution in [0.15, 0.2) is 66.0 Å². The number of fused-ring (bicyclic) bond motifs is 1. The average molecular weight is 503 g/mol. The van der Waals surface area contributed by atoms with Crippen LogP contribution in [0.25, 0.3) is 0 Å². The largest absolute Gasteiger partial charge is 0.385 e. The molecule has 0 bridgehead atoms. The van der Waals surface area contributed by atoms with Crippen molar-refractivity contribution < 1.29 is 14.3 Å². The van der Waals surface area contributed by atoms with Gasteiger partial charge in [-0.05, 0) is 60.2 Å². The van der Waals surface area contributed by atoms with E-state index in [0.717, 1.165) is 18.4 Å². The number of benzene rings is 2. The number of ether oxygens (including phenoxy) is 1. The Morgan fingerprint density at radius 2 is 1.83 bits per heavy atom. The summed E-state index contributed by atoms with van der Waals surface area (Å²) in [6.07, 6.45) is 2.43. The van der Waals surface area contributed by atoms with Gasteiger partial charge in [-0.2, -0.15) is 0 Å². The summed E-state index contributed by atoms with van der Waals surface area (Å²) in [4.78, 5) is 32.5. The normalized spacial score (nSPS) is 20.6. The Balaban J connectivity index is 1.35. The Bertz CT molecular complexity index is 1190. The van der Waals surface area contributed by atoms with Crippen molar-refractivity contribution >= 4 is 23.2 Å². The predicted molar refractivity (Wildman–Crippen MR) is 143 cm³/mol. The molecule has 3 atom stereocenters. The summed E-state index contributed by atoms with van der Waals surface area (Å²) in [5, 5.41) is 2.12. The lowest BCUT2D eigenvalue weighted by molar-refractivity contribution is -0.142. The van der Waals surface area contributed by atoms with Crippen LogP contribution in [-0.4, -0.2) is 55.0 Å². The second-order valence-corrected chi connectivity index (χ2v) is 10.9. The standard InChI is InChI=1S/C30H34N2O3S/c1-21-9-11-23(12-10-21)29-24-14-18-36-27(24)13-16-32(29)28(33)20-31(15-6-17-35-2)30(34)26-19-25(26)22-7-4-3-5-8-22/h3-5,7-12,14,18,25-26,29H,6,13,15-17,19-20H2,1-2H3. The van der Waals surface area contributed by atoms with Crippen LogP contribution in [-0.2, 0) is 20.7 Å². The minimum Gasteiger partial charge on any atom is -0.385 e. The third kappa shape index (κ3) is 5.25. The molecule has 2 aliphatic rings. The van der Waals surface area contributed by atoms with E-state index < -0.39 is 0 Å². The maximum Gasteiger partial charge on any atom is 0.242 e. The molecule has 2 amide bonds. The van der Waals surface area contributed by atoms with Crippen molar-refractivity contribution in [2.75, 3.05) is 33.4 Å². The van der Waals surface area contributed by atoms with Gasteiger partial charge in [0.25, 0.3) is 0 Å². The quantitative estimate of drug-likeness (QED) is 0.378. The minimum absolute atomic E-state index is 0.0140. The first-order chi connectivity index (χ1) is 17.6. The van der Waals surface area contributed by atoms with Gasteiger partial charge in [-0.15, -0.1) is 11.3 Å². The van der Waals surface area contributed by atoms with Crippen molar-refractivity contribution in [3.8, 4) is 0 Å². The van der Waals surface area contributed by atoms with Crippen molar-refractivity contribution in [1.29, 1.82) is 0 Å². The molecule has 2 heterocycles. The fourth-order valence-corrected chi connectivity index (χ4v) is 6.29. The third-order valence-electron chi connectivity index (χ3n) is 7.43. The maximum atomic E-state index is 13.8. The molecular weight excluding hydrogens is 468 g/mol. The summed E-state index contributed by atoms with van der Waals surface area (Å²) in [5.74, 6) is 0.316. The molecule has 0 saturated heterocycles. The van der Waals surface area contributed by atoms with Crippen LogP contribution in [0.1, 0.15) is 51.9 Å². The molecule has 0 radical (unpaired) electrons. The smallest absolute Gasteiger partial charge is 0.242 e. The van der Waals surface area contributed by atoms with Crippen LogP contribution in [0.2, 0.25) is 0 Å². The number of nitrogens with zero attached hydrogens (tertiary/aromatic N) is 2. The van der Waals surface area contributed by atoms with E-state index in [2.05, 4.69) is 54.8 Å². The number of amides is 2. The van der Waals surface area contributed by atoms with Gasteiger partial charge >= 0.3 is 0 Å². The molecule has 1 aliphatic carbocycles. The summed E-state index contributed by atoms with van der Waals surface area (Å²) in [7, 11) is 1.67. The van der Waals surface area contributed by atoms with E-state index in [-0.39, 0.29) is 36.2 Å². The van der Waals surface area contributed by atoms with Crippen LogP contribution < -0.4 is 0 Å². The number of methoxy groups -OCH3 is 1. The van der Waals surface area contributed by atoms with Crippen LogP contribution in [0.5, 0.6) is 0 Å². The maximum absolute atomic E-state index is 13.8. The van der Waals surface area contributed by atoms with Crippen molar-refractivity contribution in [3.63, 3.8) is 0 Å². The second kappa shape index (κ2) is 11.0. The van der Waals surface area contributed by atoms with Gasteiger partial charge in [0.2, 0.25) is 11.8 Å². The Morgan fingerprint density at radius 3 is 2.58 bits per heavy atom. The molecule has 0 spiro atoms. The zero-order valence-corrected chi connectivity index (χ0v) is 21.9. The Morgan fingerprint density at radius 1 is 1.06 bits per heavy atom. The second-order valence-electron chi connectivity index (χ2n) is 9.91. The molecule has 1 saturated carbocycles. The SMILES string of the molecule is COCCCN(CC(=O)N1CCc2sccc2C1c1ccc(C)cc1)C(=O)C1CC1c1ccccc1. The summed E-state index contributed by atoms with van der Waals surface area (Å²) < 4.78 is 5.24. The monoisotopic (exact) mass is 502 g/mol. The number of hydrogen-bond acceptors (Lipinski definition) is 4. The summed E-state index contributed by atoms with van der Waals surface area (Å²) >= 11 is 1.77. The Labute approximate surface area is 217 Å². The summed E-state index contributed by atoms with van der Waals surface area (Å²) in [6.45, 7) is 3.96. The topological polar surface area (TPSA) is 49.9 Å². The molecule has 36 heavy (non-hydrogen) atoms. The predicted octanol–water partition coefficient (Wildman–Crippen LogP) is 5.20. The van der Waals surface area contributed by atoms with E-state index in [1.54, 1.807) is 23.3 Å². The van der Waals surface area contributed by atoms with E-state index in [1.165, 1.54) is 21.6 Å². The van der Waals surface area contributed by atoms with Gasteiger partial charge in [-0.1, -0.05) is 60.2 Å². The zero-order valence-electron chi connectivity index (χ0n) is 21.1. The van der Waals surface area contributed by atoms with Gasteiger partial charge in [0, 0.05) is 37.6 Å². The van der Waals surface area contributed by atoms with Crippen molar-refractivity contribution in [2.45, 2.75) is 38.1 Å². The van der Waals surface area contributed by atoms with E-state index in [9.17, 15) is 9.59 Å². The van der Waals surface area contributed by atoms with E-state index in [1.807, 2.05) is 23.1 Å². The molecule has 5 rings (SSSR count). The van der Waals surface area contributed by atoms with E-state index in [4.69, 9.17) is 4.74 Å². The van der Waals surface area contributed by atoms with Crippen molar-refractivity contribution in [1.82, 2.24) is 9.80 Å². The fourth-order valence-electron chi connectivity index (χ4n) is 5.39. The molecule has 3 unspecified atom stereocenters. The molecule has 5 nitrogen and oxygen atoms in total. The van der Waals surface area contributed by atoms with Gasteiger partial charge in [0.15, 0.2) is 0 Å². The number of hydrogen-bond donors (Lipinski definition) is 0. The first-order valence-electron chi connectivity index (χ1n) is 12.8. The Kier molecular flexibility index (Phi) is 7.54. The summed E-state index contributed by atoms with van der Waals surface area (Å²) in [5.41, 5.74) is 4.74. The zero-order chi connectivity index (χ0) is 25.1. The van der Waals surface area contributed by atoms with Crippen molar-refractivity contribution in [2.24, 2.45) is 5.92 Å². The lowest BCUT2D eigenvalue weighted by Crippen LogP contribution is -2.47. The fraction of sp³-hybridized carbons (Fsp3) is 0.400. The molecule has 188 valence electrons. The molecule has 3 aromatic rings. The van der Waals surface area contributed by atoms with Crippen LogP contribution in [0.3, 0.4) is 0 Å². The first-order valence-corrected chi connectivity index (χ1v) is 13.7. The molecule has 0 N–H and O–H groups in total. The number of aryl methyl sites for hydroxylation is 1. The number of carbonyl (C=O) groups excluding carboxylic acids is 2. The molecule has 2 aromatic carbocycles. The molecule has 1 aliphatic heterocycles. The lowest BCUT2D eigenvalue weighted by atomic mass is 9.92. The van der Waals surface area contributed by atoms with Crippen LogP contribution in [0, 0.1) is 12.8 Å². The highest BCUT2D eigenvalue weighted by Gasteiger charge is 2.46. The first kappa shape index (κ1) is 24.7. The van der Waals surface area contributed by atoms with Crippen LogP contribution >= 0.6 is 11.3 Å². The van der Waals surface area contributed by atoms with Gasteiger partial charge in [0.05, 0.1) is 12.6 Å². The molecule has 6 heteroatoms. The van der Waals surface area contributed by atoms with Gasteiger partial charge < -0.3 is 14.5 Å². The summed E-state index contributed by atoms with van der Waals surface area (Å²) in [6, 6.07) is 20.7. The molecule has 1 aromatic heterocycles. The third-order valence-corrected chi connectivity index (χ3v) is 8.43. The Hall–Kier alpha value is -2.96. The molecule has 1 fully saturated rings. The highest BCUT2D eigenvalue weighted by atomic mass is 32.1.